The third kappa shape index (κ3) is 2.99. The number of hydrogen-bond donors (Lipinski definition) is 1. The van der Waals surface area contributed by atoms with Gasteiger partial charge in [0.25, 0.3) is 11.5 Å². The van der Waals surface area contributed by atoms with Gasteiger partial charge in [-0.25, -0.2) is 9.36 Å². The number of amides is 1. The lowest BCUT2D eigenvalue weighted by Gasteiger charge is -2.14. The summed E-state index contributed by atoms with van der Waals surface area (Å²) >= 11 is 0. The second-order valence-electron chi connectivity index (χ2n) is 6.18. The highest BCUT2D eigenvalue weighted by molar-refractivity contribution is 6.03. The van der Waals surface area contributed by atoms with Crippen LogP contribution < -0.4 is 10.9 Å². The number of anilines is 1. The Kier molecular flexibility index (Phi) is 4.37. The van der Waals surface area contributed by atoms with Crippen LogP contribution in [0, 0.1) is 20.8 Å². The number of aromatic nitrogens is 6. The molecule has 0 atom stereocenters. The second-order valence-corrected chi connectivity index (χ2v) is 6.18. The van der Waals surface area contributed by atoms with Crippen molar-refractivity contribution in [1.82, 2.24) is 30.0 Å². The molecule has 0 aliphatic heterocycles. The molecule has 3 rings (SSSR count). The van der Waals surface area contributed by atoms with Crippen molar-refractivity contribution in [3.8, 4) is 11.1 Å². The molecule has 3 aromatic rings. The topological polar surface area (TPSA) is 108 Å². The molecule has 1 N–H and O–H groups in total. The van der Waals surface area contributed by atoms with Crippen LogP contribution in [0.25, 0.3) is 11.1 Å². The third-order valence-corrected chi connectivity index (χ3v) is 4.21. The average Bonchev–Trinajstić information content (AvgIpc) is 2.99. The maximum atomic E-state index is 12.7. The summed E-state index contributed by atoms with van der Waals surface area (Å²) in [5.74, 6) is -0.291. The van der Waals surface area contributed by atoms with E-state index in [4.69, 9.17) is 0 Å². The molecule has 0 saturated heterocycles. The van der Waals surface area contributed by atoms with Crippen LogP contribution in [0.1, 0.15) is 27.2 Å². The van der Waals surface area contributed by atoms with Gasteiger partial charge in [0.15, 0.2) is 5.69 Å². The number of carbonyl (C=O) groups excluding carboxylic acids is 1. The van der Waals surface area contributed by atoms with Crippen molar-refractivity contribution in [3.05, 3.63) is 50.9 Å². The molecule has 0 aliphatic carbocycles. The van der Waals surface area contributed by atoms with Gasteiger partial charge in [-0.05, 0) is 47.9 Å². The predicted molar refractivity (Wildman–Crippen MR) is 95.9 cm³/mol. The fraction of sp³-hybridized carbons (Fsp3) is 0.294. The van der Waals surface area contributed by atoms with Crippen molar-refractivity contribution in [2.75, 3.05) is 5.32 Å². The van der Waals surface area contributed by atoms with Crippen molar-refractivity contribution in [3.63, 3.8) is 0 Å². The predicted octanol–water partition coefficient (Wildman–Crippen LogP) is 1.15. The summed E-state index contributed by atoms with van der Waals surface area (Å²) in [6.07, 6.45) is 0. The maximum Gasteiger partial charge on any atom is 0.278 e. The highest BCUT2D eigenvalue weighted by Crippen LogP contribution is 2.26. The molecule has 1 amide bonds. The molecule has 0 spiro atoms. The van der Waals surface area contributed by atoms with E-state index in [9.17, 15) is 9.59 Å². The van der Waals surface area contributed by atoms with Gasteiger partial charge < -0.3 is 0 Å². The minimum Gasteiger partial charge on any atom is -0.288 e. The van der Waals surface area contributed by atoms with Crippen LogP contribution >= 0.6 is 0 Å². The van der Waals surface area contributed by atoms with Crippen LogP contribution in [0.3, 0.4) is 0 Å². The van der Waals surface area contributed by atoms with E-state index < -0.39 is 5.91 Å². The molecular formula is C17H19N7O2. The molecule has 0 aliphatic rings. The van der Waals surface area contributed by atoms with Gasteiger partial charge >= 0.3 is 0 Å². The minimum absolute atomic E-state index is 0.144. The second kappa shape index (κ2) is 6.51. The molecule has 0 bridgehead atoms. The quantitative estimate of drug-likeness (QED) is 0.757. The monoisotopic (exact) mass is 353 g/mol. The Morgan fingerprint density at radius 1 is 1.12 bits per heavy atom. The summed E-state index contributed by atoms with van der Waals surface area (Å²) in [6.45, 7) is 5.60. The van der Waals surface area contributed by atoms with Crippen LogP contribution in [0.2, 0.25) is 0 Å². The van der Waals surface area contributed by atoms with Gasteiger partial charge in [-0.2, -0.15) is 5.10 Å². The number of rotatable bonds is 3. The van der Waals surface area contributed by atoms with Crippen molar-refractivity contribution in [1.29, 1.82) is 0 Å². The summed E-state index contributed by atoms with van der Waals surface area (Å²) in [5.41, 5.74) is 3.63. The first-order valence-corrected chi connectivity index (χ1v) is 7.99. The molecule has 134 valence electrons. The smallest absolute Gasteiger partial charge is 0.278 e. The van der Waals surface area contributed by atoms with E-state index in [0.29, 0.717) is 11.1 Å². The Hall–Kier alpha value is -3.36. The van der Waals surface area contributed by atoms with Crippen molar-refractivity contribution < 1.29 is 4.79 Å². The molecule has 9 heteroatoms. The number of benzene rings is 1. The fourth-order valence-electron chi connectivity index (χ4n) is 2.75. The Bertz CT molecular complexity index is 1070. The first-order valence-electron chi connectivity index (χ1n) is 7.99. The van der Waals surface area contributed by atoms with Gasteiger partial charge in [0.1, 0.15) is 0 Å². The molecular weight excluding hydrogens is 334 g/mol. The number of nitrogens with one attached hydrogen (secondary N) is 1. The first kappa shape index (κ1) is 17.5. The summed E-state index contributed by atoms with van der Waals surface area (Å²) in [4.78, 5) is 25.4. The highest BCUT2D eigenvalue weighted by Gasteiger charge is 2.21. The van der Waals surface area contributed by atoms with Crippen molar-refractivity contribution in [2.24, 2.45) is 14.1 Å². The Labute approximate surface area is 149 Å². The molecule has 0 fully saturated rings. The molecule has 0 radical (unpaired) electrons. The lowest BCUT2D eigenvalue weighted by Crippen LogP contribution is -2.28. The molecule has 2 heterocycles. The van der Waals surface area contributed by atoms with E-state index in [1.807, 2.05) is 32.0 Å². The number of nitrogens with zero attached hydrogens (tertiary/aromatic N) is 6. The maximum absolute atomic E-state index is 12.7. The van der Waals surface area contributed by atoms with E-state index in [1.54, 1.807) is 14.0 Å². The van der Waals surface area contributed by atoms with Gasteiger partial charge in [-0.1, -0.05) is 28.9 Å². The molecule has 1 aromatic carbocycles. The number of tetrazole rings is 1. The van der Waals surface area contributed by atoms with E-state index in [1.165, 1.54) is 16.4 Å². The number of aryl methyl sites for hydroxylation is 4. The summed E-state index contributed by atoms with van der Waals surface area (Å²) in [5, 5.41) is 17.6. The third-order valence-electron chi connectivity index (χ3n) is 4.21. The Morgan fingerprint density at radius 2 is 1.85 bits per heavy atom. The SMILES string of the molecule is Cc1ccc(C)c(-c2c(C)c(C(=O)Nc3nnnn3C)nn(C)c2=O)c1. The van der Waals surface area contributed by atoms with Gasteiger partial charge in [0.2, 0.25) is 5.95 Å². The van der Waals surface area contributed by atoms with Crippen molar-refractivity contribution in [2.45, 2.75) is 20.8 Å². The lowest BCUT2D eigenvalue weighted by atomic mass is 9.95. The zero-order valence-electron chi connectivity index (χ0n) is 15.2. The van der Waals surface area contributed by atoms with Gasteiger partial charge in [-0.15, -0.1) is 0 Å². The molecule has 0 unspecified atom stereocenters. The fourth-order valence-corrected chi connectivity index (χ4v) is 2.75. The summed E-state index contributed by atoms with van der Waals surface area (Å²) in [6, 6.07) is 5.87. The number of hydrogen-bond acceptors (Lipinski definition) is 6. The van der Waals surface area contributed by atoms with Crippen LogP contribution in [-0.2, 0) is 14.1 Å². The zero-order chi connectivity index (χ0) is 19.0. The van der Waals surface area contributed by atoms with Crippen LogP contribution in [0.4, 0.5) is 5.95 Å². The zero-order valence-corrected chi connectivity index (χ0v) is 15.2. The minimum atomic E-state index is -0.484. The van der Waals surface area contributed by atoms with Crippen LogP contribution in [-0.4, -0.2) is 35.9 Å². The number of carbonyl (C=O) groups is 1. The lowest BCUT2D eigenvalue weighted by molar-refractivity contribution is 0.101. The van der Waals surface area contributed by atoms with Gasteiger partial charge in [0.05, 0.1) is 5.56 Å². The Morgan fingerprint density at radius 3 is 2.50 bits per heavy atom. The van der Waals surface area contributed by atoms with Gasteiger partial charge in [-0.3, -0.25) is 14.9 Å². The van der Waals surface area contributed by atoms with Crippen LogP contribution in [0.5, 0.6) is 0 Å². The normalized spacial score (nSPS) is 10.8. The largest absolute Gasteiger partial charge is 0.288 e. The van der Waals surface area contributed by atoms with E-state index >= 15 is 0 Å². The molecule has 0 saturated carbocycles. The highest BCUT2D eigenvalue weighted by atomic mass is 16.2. The van der Waals surface area contributed by atoms with Gasteiger partial charge in [0, 0.05) is 14.1 Å². The van der Waals surface area contributed by atoms with E-state index in [0.717, 1.165) is 16.7 Å². The first-order chi connectivity index (χ1) is 12.3. The average molecular weight is 353 g/mol. The standard InChI is InChI=1S/C17H19N7O2/c1-9-6-7-10(2)12(8-9)13-11(3)14(20-23(4)16(13)26)15(25)18-17-19-21-22-24(17)5/h6-8H,1-5H3,(H,18,19,22,25). The summed E-state index contributed by atoms with van der Waals surface area (Å²) in [7, 11) is 3.13. The van der Waals surface area contributed by atoms with Crippen molar-refractivity contribution >= 4 is 11.9 Å². The molecule has 2 aromatic heterocycles. The van der Waals surface area contributed by atoms with Crippen LogP contribution in [0.15, 0.2) is 23.0 Å². The van der Waals surface area contributed by atoms with E-state index in [2.05, 4.69) is 25.9 Å². The summed E-state index contributed by atoms with van der Waals surface area (Å²) < 4.78 is 2.51. The Balaban J connectivity index is 2.16. The van der Waals surface area contributed by atoms with E-state index in [-0.39, 0.29) is 17.2 Å². The molecule has 9 nitrogen and oxygen atoms in total. The molecule has 26 heavy (non-hydrogen) atoms.